The predicted octanol–water partition coefficient (Wildman–Crippen LogP) is 5.75. The third-order valence-corrected chi connectivity index (χ3v) is 6.54. The van der Waals surface area contributed by atoms with Crippen LogP contribution in [0.15, 0.2) is 52.7 Å². The van der Waals surface area contributed by atoms with Gasteiger partial charge in [0.25, 0.3) is 0 Å². The monoisotopic (exact) mass is 431 g/mol. The lowest BCUT2D eigenvalue weighted by atomic mass is 10.1. The molecule has 0 atom stereocenters. The van der Waals surface area contributed by atoms with Gasteiger partial charge in [0.15, 0.2) is 5.13 Å². The van der Waals surface area contributed by atoms with Crippen LogP contribution in [0.2, 0.25) is 5.02 Å². The predicted molar refractivity (Wildman–Crippen MR) is 114 cm³/mol. The number of thiophene rings is 1. The number of rotatable bonds is 6. The van der Waals surface area contributed by atoms with Gasteiger partial charge in [-0.25, -0.2) is 9.97 Å². The summed E-state index contributed by atoms with van der Waals surface area (Å²) in [6.07, 6.45) is 2.81. The number of benzene rings is 1. The van der Waals surface area contributed by atoms with Crippen molar-refractivity contribution < 1.29 is 4.79 Å². The van der Waals surface area contributed by atoms with Gasteiger partial charge < -0.3 is 5.32 Å². The largest absolute Gasteiger partial charge is 0.302 e. The van der Waals surface area contributed by atoms with Crippen molar-refractivity contribution in [2.24, 2.45) is 0 Å². The first kappa shape index (κ1) is 18.3. The maximum atomic E-state index is 12.3. The summed E-state index contributed by atoms with van der Waals surface area (Å²) >= 11 is 10.6. The Kier molecular flexibility index (Phi) is 5.63. The first-order valence-corrected chi connectivity index (χ1v) is 11.1. The van der Waals surface area contributed by atoms with Gasteiger partial charge in [0.05, 0.1) is 12.1 Å². The molecule has 0 saturated carbocycles. The molecule has 0 aliphatic heterocycles. The molecular formula is C19H14ClN3OS3. The van der Waals surface area contributed by atoms with Gasteiger partial charge in [0.2, 0.25) is 5.91 Å². The summed E-state index contributed by atoms with van der Waals surface area (Å²) in [5.41, 5.74) is 3.03. The van der Waals surface area contributed by atoms with E-state index < -0.39 is 0 Å². The molecule has 136 valence electrons. The fourth-order valence-electron chi connectivity index (χ4n) is 2.49. The van der Waals surface area contributed by atoms with E-state index in [1.165, 1.54) is 11.3 Å². The van der Waals surface area contributed by atoms with Gasteiger partial charge >= 0.3 is 0 Å². The zero-order valence-electron chi connectivity index (χ0n) is 14.0. The fraction of sp³-hybridized carbons (Fsp3) is 0.105. The van der Waals surface area contributed by atoms with Crippen LogP contribution in [0.5, 0.6) is 0 Å². The molecule has 0 aliphatic carbocycles. The number of halogens is 1. The molecule has 8 heteroatoms. The Morgan fingerprint density at radius 3 is 2.78 bits per heavy atom. The lowest BCUT2D eigenvalue weighted by Gasteiger charge is -2.00. The van der Waals surface area contributed by atoms with E-state index >= 15 is 0 Å². The van der Waals surface area contributed by atoms with Gasteiger partial charge in [-0.3, -0.25) is 4.79 Å². The maximum Gasteiger partial charge on any atom is 0.232 e. The minimum Gasteiger partial charge on any atom is -0.302 e. The number of hydrogen-bond acceptors (Lipinski definition) is 6. The number of carbonyl (C=O) groups excluding carboxylic acids is 1. The van der Waals surface area contributed by atoms with Crippen molar-refractivity contribution in [3.05, 3.63) is 73.8 Å². The van der Waals surface area contributed by atoms with E-state index in [0.29, 0.717) is 5.13 Å². The second-order valence-corrected chi connectivity index (χ2v) is 9.01. The zero-order chi connectivity index (χ0) is 18.6. The average Bonchev–Trinajstić information content (AvgIpc) is 3.39. The SMILES string of the molecule is O=C(Cc1csc(-c2ccsc2)n1)Nc1ncc(Cc2ccc(Cl)cc2)s1. The first-order valence-electron chi connectivity index (χ1n) is 8.12. The highest BCUT2D eigenvalue weighted by Crippen LogP contribution is 2.26. The molecule has 4 aromatic rings. The Bertz CT molecular complexity index is 1040. The second kappa shape index (κ2) is 8.31. The molecule has 0 fully saturated rings. The third-order valence-electron chi connectivity index (χ3n) is 3.75. The fourth-order valence-corrected chi connectivity index (χ4v) is 5.01. The molecule has 0 radical (unpaired) electrons. The van der Waals surface area contributed by atoms with Crippen LogP contribution in [-0.2, 0) is 17.6 Å². The summed E-state index contributed by atoms with van der Waals surface area (Å²) in [7, 11) is 0. The molecule has 1 amide bonds. The van der Waals surface area contributed by atoms with Crippen LogP contribution < -0.4 is 5.32 Å². The van der Waals surface area contributed by atoms with Gasteiger partial charge in [0.1, 0.15) is 5.01 Å². The number of amides is 1. The van der Waals surface area contributed by atoms with Gasteiger partial charge in [0, 0.05) is 38.8 Å². The van der Waals surface area contributed by atoms with Crippen molar-refractivity contribution in [1.29, 1.82) is 0 Å². The normalized spacial score (nSPS) is 10.9. The molecule has 27 heavy (non-hydrogen) atoms. The van der Waals surface area contributed by atoms with Gasteiger partial charge in [-0.1, -0.05) is 23.7 Å². The second-order valence-electron chi connectivity index (χ2n) is 5.82. The van der Waals surface area contributed by atoms with Crippen LogP contribution in [0, 0.1) is 0 Å². The quantitative estimate of drug-likeness (QED) is 0.422. The topological polar surface area (TPSA) is 54.9 Å². The van der Waals surface area contributed by atoms with E-state index in [-0.39, 0.29) is 12.3 Å². The van der Waals surface area contributed by atoms with Crippen molar-refractivity contribution in [2.75, 3.05) is 5.32 Å². The van der Waals surface area contributed by atoms with Crippen LogP contribution in [0.25, 0.3) is 10.6 Å². The smallest absolute Gasteiger partial charge is 0.232 e. The van der Waals surface area contributed by atoms with E-state index in [4.69, 9.17) is 11.6 Å². The van der Waals surface area contributed by atoms with Crippen LogP contribution in [0.1, 0.15) is 16.1 Å². The van der Waals surface area contributed by atoms with Crippen molar-refractivity contribution in [2.45, 2.75) is 12.8 Å². The maximum absolute atomic E-state index is 12.3. The number of carbonyl (C=O) groups is 1. The Labute approximate surface area is 173 Å². The lowest BCUT2D eigenvalue weighted by Crippen LogP contribution is -2.14. The van der Waals surface area contributed by atoms with Crippen LogP contribution in [0.3, 0.4) is 0 Å². The Morgan fingerprint density at radius 1 is 1.15 bits per heavy atom. The summed E-state index contributed by atoms with van der Waals surface area (Å²) in [5, 5.41) is 11.1. The van der Waals surface area contributed by atoms with Crippen molar-refractivity contribution in [3.63, 3.8) is 0 Å². The van der Waals surface area contributed by atoms with E-state index in [1.54, 1.807) is 28.9 Å². The van der Waals surface area contributed by atoms with Gasteiger partial charge in [-0.2, -0.15) is 11.3 Å². The molecule has 0 bridgehead atoms. The Morgan fingerprint density at radius 2 is 2.00 bits per heavy atom. The molecule has 0 unspecified atom stereocenters. The highest BCUT2D eigenvalue weighted by molar-refractivity contribution is 7.15. The molecule has 1 N–H and O–H groups in total. The highest BCUT2D eigenvalue weighted by atomic mass is 35.5. The van der Waals surface area contributed by atoms with Crippen molar-refractivity contribution >= 4 is 56.7 Å². The minimum atomic E-state index is -0.107. The minimum absolute atomic E-state index is 0.107. The third kappa shape index (κ3) is 4.81. The summed E-state index contributed by atoms with van der Waals surface area (Å²) in [4.78, 5) is 22.2. The van der Waals surface area contributed by atoms with Crippen LogP contribution in [0.4, 0.5) is 5.13 Å². The number of thiazole rings is 2. The Balaban J connectivity index is 1.34. The van der Waals surface area contributed by atoms with Crippen LogP contribution in [-0.4, -0.2) is 15.9 Å². The van der Waals surface area contributed by atoms with Gasteiger partial charge in [-0.15, -0.1) is 22.7 Å². The summed E-state index contributed by atoms with van der Waals surface area (Å²) < 4.78 is 0. The number of aromatic nitrogens is 2. The average molecular weight is 432 g/mol. The zero-order valence-corrected chi connectivity index (χ0v) is 17.2. The van der Waals surface area contributed by atoms with Crippen molar-refractivity contribution in [1.82, 2.24) is 9.97 Å². The molecule has 0 aliphatic rings. The molecule has 3 aromatic heterocycles. The summed E-state index contributed by atoms with van der Waals surface area (Å²) in [6, 6.07) is 9.77. The standard InChI is InChI=1S/C19H14ClN3OS3/c20-14-3-1-12(2-4-14)7-16-9-21-19(27-16)23-17(24)8-15-11-26-18(22-15)13-5-6-25-10-13/h1-6,9-11H,7-8H2,(H,21,23,24). The number of anilines is 1. The van der Waals surface area contributed by atoms with E-state index in [9.17, 15) is 4.79 Å². The summed E-state index contributed by atoms with van der Waals surface area (Å²) in [5.74, 6) is -0.107. The summed E-state index contributed by atoms with van der Waals surface area (Å²) in [6.45, 7) is 0. The van der Waals surface area contributed by atoms with Crippen LogP contribution >= 0.6 is 45.6 Å². The first-order chi connectivity index (χ1) is 13.2. The molecule has 4 nitrogen and oxygen atoms in total. The molecule has 0 saturated heterocycles. The molecule has 0 spiro atoms. The number of hydrogen-bond donors (Lipinski definition) is 1. The van der Waals surface area contributed by atoms with E-state index in [0.717, 1.165) is 38.1 Å². The van der Waals surface area contributed by atoms with E-state index in [2.05, 4.69) is 20.7 Å². The molecular weight excluding hydrogens is 418 g/mol. The number of nitrogens with zero attached hydrogens (tertiary/aromatic N) is 2. The highest BCUT2D eigenvalue weighted by Gasteiger charge is 2.11. The lowest BCUT2D eigenvalue weighted by molar-refractivity contribution is -0.115. The molecule has 4 rings (SSSR count). The number of nitrogens with one attached hydrogen (secondary N) is 1. The van der Waals surface area contributed by atoms with E-state index in [1.807, 2.05) is 41.1 Å². The molecule has 3 heterocycles. The van der Waals surface area contributed by atoms with Crippen molar-refractivity contribution in [3.8, 4) is 10.6 Å². The van der Waals surface area contributed by atoms with Gasteiger partial charge in [-0.05, 0) is 29.1 Å². The Hall–Kier alpha value is -2.06. The molecule has 1 aromatic carbocycles.